The summed E-state index contributed by atoms with van der Waals surface area (Å²) in [5.41, 5.74) is 0.432. The van der Waals surface area contributed by atoms with Gasteiger partial charge in [0, 0.05) is 30.6 Å². The standard InChI is InChI=1S/C34H31BrN4O11S/c1-51(46,47)49-20-27-28(38-31(40)24-13-12-23(39(44)45)18-25(24)32(38)41)33(42)37(27)29(26(19-35)36-14-16-48-17-15-36)34(43)50-30(21-8-4-2-5-9-21)22-10-6-3-7-11-22/h2-13,18,27-28,30H,14-17,19-20H2,1H3/b29-26+/t27-,28+/m1/s1. The van der Waals surface area contributed by atoms with Crippen molar-refractivity contribution in [1.29, 1.82) is 0 Å². The Labute approximate surface area is 300 Å². The van der Waals surface area contributed by atoms with Gasteiger partial charge in [0.15, 0.2) is 11.8 Å². The topological polar surface area (TPSA) is 183 Å². The summed E-state index contributed by atoms with van der Waals surface area (Å²) in [6.45, 7) is 0.568. The first-order valence-corrected chi connectivity index (χ1v) is 18.6. The molecule has 3 aromatic carbocycles. The first-order valence-electron chi connectivity index (χ1n) is 15.7. The number of esters is 1. The Morgan fingerprint density at radius 2 is 1.55 bits per heavy atom. The number of amides is 3. The van der Waals surface area contributed by atoms with Crippen LogP contribution in [0.25, 0.3) is 0 Å². The van der Waals surface area contributed by atoms with Crippen molar-refractivity contribution < 1.29 is 46.2 Å². The number of nitrogens with zero attached hydrogens (tertiary/aromatic N) is 4. The highest BCUT2D eigenvalue weighted by molar-refractivity contribution is 9.09. The van der Waals surface area contributed by atoms with Gasteiger partial charge in [0.25, 0.3) is 33.5 Å². The third-order valence-corrected chi connectivity index (χ3v) is 9.78. The van der Waals surface area contributed by atoms with Crippen molar-refractivity contribution in [1.82, 2.24) is 14.7 Å². The predicted octanol–water partition coefficient (Wildman–Crippen LogP) is 3.02. The summed E-state index contributed by atoms with van der Waals surface area (Å²) in [6, 6.07) is 18.0. The summed E-state index contributed by atoms with van der Waals surface area (Å²) in [4.78, 5) is 70.3. The number of nitro benzene ring substituents is 1. The predicted molar refractivity (Wildman–Crippen MR) is 183 cm³/mol. The summed E-state index contributed by atoms with van der Waals surface area (Å²) in [7, 11) is -4.13. The van der Waals surface area contributed by atoms with E-state index in [1.807, 2.05) is 17.0 Å². The third-order valence-electron chi connectivity index (χ3n) is 8.69. The molecule has 0 radical (unpaired) electrons. The molecular weight excluding hydrogens is 752 g/mol. The lowest BCUT2D eigenvalue weighted by molar-refractivity contribution is -0.384. The van der Waals surface area contributed by atoms with E-state index in [9.17, 15) is 37.7 Å². The van der Waals surface area contributed by atoms with E-state index in [1.165, 1.54) is 0 Å². The molecule has 2 atom stereocenters. The molecule has 51 heavy (non-hydrogen) atoms. The summed E-state index contributed by atoms with van der Waals surface area (Å²) in [6.07, 6.45) is -0.137. The van der Waals surface area contributed by atoms with Crippen molar-refractivity contribution in [2.45, 2.75) is 18.2 Å². The van der Waals surface area contributed by atoms with Crippen LogP contribution < -0.4 is 0 Å². The first-order chi connectivity index (χ1) is 24.4. The highest BCUT2D eigenvalue weighted by Crippen LogP contribution is 2.39. The van der Waals surface area contributed by atoms with E-state index in [-0.39, 0.29) is 22.2 Å². The highest BCUT2D eigenvalue weighted by Gasteiger charge is 2.59. The van der Waals surface area contributed by atoms with Crippen LogP contribution in [0.2, 0.25) is 0 Å². The minimum absolute atomic E-state index is 0.0452. The molecule has 0 aliphatic carbocycles. The molecule has 3 amide bonds. The molecule has 0 saturated carbocycles. The largest absolute Gasteiger partial charge is 0.448 e. The fourth-order valence-corrected chi connectivity index (χ4v) is 7.30. The Balaban J connectivity index is 1.44. The van der Waals surface area contributed by atoms with Gasteiger partial charge < -0.3 is 14.4 Å². The van der Waals surface area contributed by atoms with Crippen LogP contribution in [-0.2, 0) is 33.4 Å². The SMILES string of the molecule is CS(=O)(=O)OC[C@@H]1[C@H](N2C(=O)c3ccc([N+](=O)[O-])cc3C2=O)C(=O)N1/C(C(=O)OC(c1ccccc1)c1ccccc1)=C(\CBr)N1CCOCC1. The molecule has 2 fully saturated rings. The van der Waals surface area contributed by atoms with Crippen LogP contribution in [-0.4, -0.2) is 108 Å². The van der Waals surface area contributed by atoms with Crippen molar-refractivity contribution in [3.8, 4) is 0 Å². The lowest BCUT2D eigenvalue weighted by Crippen LogP contribution is -2.73. The molecular formula is C34H31BrN4O11S. The first kappa shape index (κ1) is 35.8. The number of benzene rings is 3. The number of carbonyl (C=O) groups is 4. The van der Waals surface area contributed by atoms with Gasteiger partial charge in [-0.3, -0.25) is 38.5 Å². The second-order valence-corrected chi connectivity index (χ2v) is 14.0. The van der Waals surface area contributed by atoms with Gasteiger partial charge in [-0.1, -0.05) is 76.6 Å². The van der Waals surface area contributed by atoms with Crippen molar-refractivity contribution in [3.05, 3.63) is 123 Å². The number of nitro groups is 1. The number of allylic oxidation sites excluding steroid dienone is 1. The van der Waals surface area contributed by atoms with Gasteiger partial charge in [0.1, 0.15) is 6.04 Å². The number of β-lactam (4-membered cyclic amide) rings is 1. The number of alkyl halides is 1. The number of imide groups is 1. The fraction of sp³-hybridized carbons (Fsp3) is 0.294. The molecule has 0 aromatic heterocycles. The van der Waals surface area contributed by atoms with Gasteiger partial charge in [0.2, 0.25) is 0 Å². The number of carbonyl (C=O) groups excluding carboxylic acids is 4. The molecule has 0 N–H and O–H groups in total. The molecule has 0 unspecified atom stereocenters. The van der Waals surface area contributed by atoms with Crippen molar-refractivity contribution in [3.63, 3.8) is 0 Å². The lowest BCUT2D eigenvalue weighted by Gasteiger charge is -2.50. The van der Waals surface area contributed by atoms with Crippen LogP contribution in [0.3, 0.4) is 0 Å². The van der Waals surface area contributed by atoms with Gasteiger partial charge in [-0.25, -0.2) is 4.79 Å². The minimum Gasteiger partial charge on any atom is -0.448 e. The van der Waals surface area contributed by atoms with Gasteiger partial charge in [-0.15, -0.1) is 0 Å². The van der Waals surface area contributed by atoms with Crippen LogP contribution >= 0.6 is 15.9 Å². The fourth-order valence-electron chi connectivity index (χ4n) is 6.29. The summed E-state index contributed by atoms with van der Waals surface area (Å²) < 4.78 is 41.3. The molecule has 3 aromatic rings. The zero-order chi connectivity index (χ0) is 36.4. The second-order valence-electron chi connectivity index (χ2n) is 11.8. The highest BCUT2D eigenvalue weighted by atomic mass is 79.9. The van der Waals surface area contributed by atoms with Crippen molar-refractivity contribution >= 4 is 55.4 Å². The maximum absolute atomic E-state index is 14.6. The lowest BCUT2D eigenvalue weighted by atomic mass is 9.92. The van der Waals surface area contributed by atoms with Crippen LogP contribution in [0.1, 0.15) is 37.9 Å². The summed E-state index contributed by atoms with van der Waals surface area (Å²) in [5.74, 6) is -3.74. The van der Waals surface area contributed by atoms with Gasteiger partial charge in [-0.05, 0) is 17.2 Å². The number of ether oxygens (including phenoxy) is 2. The number of hydrogen-bond donors (Lipinski definition) is 0. The maximum Gasteiger partial charge on any atom is 0.357 e. The zero-order valence-corrected chi connectivity index (χ0v) is 29.4. The average molecular weight is 784 g/mol. The number of halogens is 1. The van der Waals surface area contributed by atoms with Crippen LogP contribution in [0.4, 0.5) is 5.69 Å². The molecule has 3 heterocycles. The number of hydrogen-bond acceptors (Lipinski definition) is 12. The normalized spacial score (nSPS) is 19.5. The Morgan fingerprint density at radius 1 is 0.961 bits per heavy atom. The second kappa shape index (κ2) is 14.7. The molecule has 17 heteroatoms. The van der Waals surface area contributed by atoms with Gasteiger partial charge in [-0.2, -0.15) is 8.42 Å². The van der Waals surface area contributed by atoms with Crippen LogP contribution in [0.5, 0.6) is 0 Å². The van der Waals surface area contributed by atoms with E-state index < -0.39 is 69.2 Å². The van der Waals surface area contributed by atoms with E-state index in [2.05, 4.69) is 15.9 Å². The number of non-ortho nitro benzene ring substituents is 1. The average Bonchev–Trinajstić information content (AvgIpc) is 3.37. The number of rotatable bonds is 12. The van der Waals surface area contributed by atoms with E-state index in [1.54, 1.807) is 48.5 Å². The Morgan fingerprint density at radius 3 is 2.10 bits per heavy atom. The summed E-state index contributed by atoms with van der Waals surface area (Å²) >= 11 is 3.46. The number of likely N-dealkylation sites (tertiary alicyclic amines) is 1. The monoisotopic (exact) mass is 782 g/mol. The molecule has 266 valence electrons. The van der Waals surface area contributed by atoms with Crippen LogP contribution in [0, 0.1) is 10.1 Å². The molecule has 0 spiro atoms. The summed E-state index contributed by atoms with van der Waals surface area (Å²) in [5, 5.41) is 11.5. The Hall–Kier alpha value is -4.97. The van der Waals surface area contributed by atoms with E-state index in [0.29, 0.717) is 48.0 Å². The Kier molecular flexibility index (Phi) is 10.3. The number of fused-ring (bicyclic) bond motifs is 1. The minimum atomic E-state index is -4.13. The zero-order valence-electron chi connectivity index (χ0n) is 27.0. The van der Waals surface area contributed by atoms with Gasteiger partial charge >= 0.3 is 5.97 Å². The van der Waals surface area contributed by atoms with Gasteiger partial charge in [0.05, 0.1) is 53.9 Å². The maximum atomic E-state index is 14.6. The van der Waals surface area contributed by atoms with Crippen molar-refractivity contribution in [2.24, 2.45) is 0 Å². The molecule has 3 aliphatic rings. The molecule has 0 bridgehead atoms. The van der Waals surface area contributed by atoms with Crippen molar-refractivity contribution in [2.75, 3.05) is 44.5 Å². The third kappa shape index (κ3) is 7.14. The quantitative estimate of drug-likeness (QED) is 0.0383. The van der Waals surface area contributed by atoms with Crippen LogP contribution in [0.15, 0.2) is 90.3 Å². The Bertz CT molecular complexity index is 1980. The van der Waals surface area contributed by atoms with E-state index in [0.717, 1.165) is 29.4 Å². The molecule has 3 aliphatic heterocycles. The molecule has 6 rings (SSSR count). The van der Waals surface area contributed by atoms with E-state index >= 15 is 0 Å². The smallest absolute Gasteiger partial charge is 0.357 e. The van der Waals surface area contributed by atoms with E-state index in [4.69, 9.17) is 13.7 Å². The number of morpholine rings is 1. The molecule has 2 saturated heterocycles. The molecule has 15 nitrogen and oxygen atoms in total.